The normalized spacial score (nSPS) is 10.4. The molecule has 1 aromatic heterocycles. The Morgan fingerprint density at radius 2 is 1.77 bits per heavy atom. The molecule has 72 valence electrons. The summed E-state index contributed by atoms with van der Waals surface area (Å²) in [6.45, 7) is 7.18. The first-order valence-electron chi connectivity index (χ1n) is 4.83. The summed E-state index contributed by atoms with van der Waals surface area (Å²) in [5.41, 5.74) is 2.25. The van der Waals surface area contributed by atoms with E-state index >= 15 is 0 Å². The molecule has 13 heavy (non-hydrogen) atoms. The van der Waals surface area contributed by atoms with Gasteiger partial charge in [-0.1, -0.05) is 13.3 Å². The average molecular weight is 179 g/mol. The second-order valence-corrected chi connectivity index (χ2v) is 3.48. The van der Waals surface area contributed by atoms with Crippen LogP contribution in [0, 0.1) is 13.8 Å². The van der Waals surface area contributed by atoms with Crippen molar-refractivity contribution in [3.63, 3.8) is 0 Å². The molecule has 2 heteroatoms. The van der Waals surface area contributed by atoms with Gasteiger partial charge in [-0.25, -0.2) is 0 Å². The van der Waals surface area contributed by atoms with Gasteiger partial charge in [-0.3, -0.25) is 4.79 Å². The van der Waals surface area contributed by atoms with Gasteiger partial charge in [0.15, 0.2) is 5.43 Å². The van der Waals surface area contributed by atoms with Crippen molar-refractivity contribution in [3.05, 3.63) is 33.7 Å². The van der Waals surface area contributed by atoms with Crippen molar-refractivity contribution in [2.24, 2.45) is 0 Å². The molecule has 0 atom stereocenters. The Morgan fingerprint density at radius 3 is 2.23 bits per heavy atom. The first kappa shape index (κ1) is 10.0. The molecule has 0 aliphatic rings. The van der Waals surface area contributed by atoms with E-state index < -0.39 is 0 Å². The lowest BCUT2D eigenvalue weighted by Gasteiger charge is -2.13. The number of aromatic nitrogens is 1. The van der Waals surface area contributed by atoms with Crippen molar-refractivity contribution in [3.8, 4) is 0 Å². The Morgan fingerprint density at radius 1 is 1.23 bits per heavy atom. The molecule has 0 aliphatic carbocycles. The van der Waals surface area contributed by atoms with Crippen molar-refractivity contribution < 1.29 is 0 Å². The largest absolute Gasteiger partial charge is 0.349 e. The van der Waals surface area contributed by atoms with Gasteiger partial charge in [0, 0.05) is 30.1 Å². The van der Waals surface area contributed by atoms with Gasteiger partial charge in [-0.05, 0) is 20.3 Å². The zero-order chi connectivity index (χ0) is 9.84. The standard InChI is InChI=1S/C11H17NO/c1-4-5-6-12-9(2)7-11(13)8-10(12)3/h7-8H,4-6H2,1-3H3. The first-order valence-corrected chi connectivity index (χ1v) is 4.83. The summed E-state index contributed by atoms with van der Waals surface area (Å²) in [6.07, 6.45) is 2.36. The zero-order valence-electron chi connectivity index (χ0n) is 8.63. The molecule has 0 amide bonds. The Kier molecular flexibility index (Phi) is 3.29. The van der Waals surface area contributed by atoms with Crippen molar-refractivity contribution in [2.75, 3.05) is 0 Å². The van der Waals surface area contributed by atoms with Gasteiger partial charge in [0.2, 0.25) is 0 Å². The summed E-state index contributed by atoms with van der Waals surface area (Å²) in [4.78, 5) is 11.1. The van der Waals surface area contributed by atoms with Gasteiger partial charge < -0.3 is 4.57 Å². The molecule has 0 aromatic carbocycles. The fourth-order valence-corrected chi connectivity index (χ4v) is 1.56. The molecule has 1 rings (SSSR count). The fourth-order valence-electron chi connectivity index (χ4n) is 1.56. The van der Waals surface area contributed by atoms with E-state index in [0.29, 0.717) is 0 Å². The highest BCUT2D eigenvalue weighted by atomic mass is 16.1. The molecule has 0 fully saturated rings. The predicted octanol–water partition coefficient (Wildman–Crippen LogP) is 2.27. The second kappa shape index (κ2) is 4.26. The highest BCUT2D eigenvalue weighted by molar-refractivity contribution is 5.12. The van der Waals surface area contributed by atoms with Crippen LogP contribution in [0.25, 0.3) is 0 Å². The van der Waals surface area contributed by atoms with E-state index in [1.165, 1.54) is 12.8 Å². The van der Waals surface area contributed by atoms with Crippen molar-refractivity contribution in [1.82, 2.24) is 4.57 Å². The summed E-state index contributed by atoms with van der Waals surface area (Å²) < 4.78 is 2.20. The lowest BCUT2D eigenvalue weighted by Crippen LogP contribution is -2.12. The number of pyridine rings is 1. The van der Waals surface area contributed by atoms with E-state index in [-0.39, 0.29) is 5.43 Å². The molecule has 2 nitrogen and oxygen atoms in total. The van der Waals surface area contributed by atoms with Crippen LogP contribution in [0.4, 0.5) is 0 Å². The molecule has 0 aliphatic heterocycles. The van der Waals surface area contributed by atoms with E-state index in [4.69, 9.17) is 0 Å². The summed E-state index contributed by atoms with van der Waals surface area (Å²) in [5.74, 6) is 0. The number of hydrogen-bond donors (Lipinski definition) is 0. The summed E-state index contributed by atoms with van der Waals surface area (Å²) in [5, 5.41) is 0. The van der Waals surface area contributed by atoms with Crippen LogP contribution in [0.15, 0.2) is 16.9 Å². The highest BCUT2D eigenvalue weighted by Crippen LogP contribution is 2.03. The SMILES string of the molecule is CCCCn1c(C)cc(=O)cc1C. The lowest BCUT2D eigenvalue weighted by atomic mass is 10.2. The topological polar surface area (TPSA) is 22.0 Å². The minimum atomic E-state index is 0.114. The van der Waals surface area contributed by atoms with Crippen molar-refractivity contribution >= 4 is 0 Å². The maximum atomic E-state index is 11.1. The van der Waals surface area contributed by atoms with Crippen LogP contribution in [0.1, 0.15) is 31.2 Å². The summed E-state index contributed by atoms with van der Waals surface area (Å²) in [6, 6.07) is 3.39. The average Bonchev–Trinajstić information content (AvgIpc) is 2.02. The molecule has 0 radical (unpaired) electrons. The second-order valence-electron chi connectivity index (χ2n) is 3.48. The van der Waals surface area contributed by atoms with Crippen LogP contribution in [0.5, 0.6) is 0 Å². The molecular formula is C11H17NO. The van der Waals surface area contributed by atoms with E-state index in [2.05, 4.69) is 11.5 Å². The molecule has 0 saturated carbocycles. The van der Waals surface area contributed by atoms with Gasteiger partial charge in [0.1, 0.15) is 0 Å². The quantitative estimate of drug-likeness (QED) is 0.697. The molecule has 1 heterocycles. The van der Waals surface area contributed by atoms with E-state index in [1.807, 2.05) is 13.8 Å². The molecule has 1 aromatic rings. The monoisotopic (exact) mass is 179 g/mol. The van der Waals surface area contributed by atoms with Crippen LogP contribution in [-0.4, -0.2) is 4.57 Å². The molecule has 0 unspecified atom stereocenters. The van der Waals surface area contributed by atoms with Crippen LogP contribution in [0.3, 0.4) is 0 Å². The minimum Gasteiger partial charge on any atom is -0.349 e. The Bertz CT molecular complexity index is 312. The van der Waals surface area contributed by atoms with Crippen LogP contribution >= 0.6 is 0 Å². The molecular weight excluding hydrogens is 162 g/mol. The lowest BCUT2D eigenvalue weighted by molar-refractivity contribution is 0.599. The highest BCUT2D eigenvalue weighted by Gasteiger charge is 1.99. The van der Waals surface area contributed by atoms with Crippen LogP contribution < -0.4 is 5.43 Å². The fraction of sp³-hybridized carbons (Fsp3) is 0.545. The third kappa shape index (κ3) is 2.44. The van der Waals surface area contributed by atoms with Crippen molar-refractivity contribution in [2.45, 2.75) is 40.2 Å². The number of aryl methyl sites for hydroxylation is 2. The maximum absolute atomic E-state index is 11.1. The van der Waals surface area contributed by atoms with Gasteiger partial charge in [-0.2, -0.15) is 0 Å². The molecule has 0 bridgehead atoms. The van der Waals surface area contributed by atoms with Gasteiger partial charge in [-0.15, -0.1) is 0 Å². The van der Waals surface area contributed by atoms with Gasteiger partial charge in [0.25, 0.3) is 0 Å². The van der Waals surface area contributed by atoms with Gasteiger partial charge >= 0.3 is 0 Å². The number of unbranched alkanes of at least 4 members (excludes halogenated alkanes) is 1. The zero-order valence-corrected chi connectivity index (χ0v) is 8.63. The summed E-state index contributed by atoms with van der Waals surface area (Å²) >= 11 is 0. The number of nitrogens with zero attached hydrogens (tertiary/aromatic N) is 1. The Balaban J connectivity index is 2.99. The van der Waals surface area contributed by atoms with Crippen LogP contribution in [-0.2, 0) is 6.54 Å². The summed E-state index contributed by atoms with van der Waals surface area (Å²) in [7, 11) is 0. The van der Waals surface area contributed by atoms with E-state index in [0.717, 1.165) is 17.9 Å². The minimum absolute atomic E-state index is 0.114. The number of hydrogen-bond acceptors (Lipinski definition) is 1. The van der Waals surface area contributed by atoms with E-state index in [1.54, 1.807) is 12.1 Å². The molecule has 0 saturated heterocycles. The number of rotatable bonds is 3. The smallest absolute Gasteiger partial charge is 0.182 e. The van der Waals surface area contributed by atoms with Gasteiger partial charge in [0.05, 0.1) is 0 Å². The third-order valence-electron chi connectivity index (χ3n) is 2.29. The third-order valence-corrected chi connectivity index (χ3v) is 2.29. The first-order chi connectivity index (χ1) is 6.15. The Hall–Kier alpha value is -1.05. The Labute approximate surface area is 79.2 Å². The van der Waals surface area contributed by atoms with Crippen molar-refractivity contribution in [1.29, 1.82) is 0 Å². The predicted molar refractivity (Wildman–Crippen MR) is 55.1 cm³/mol. The maximum Gasteiger partial charge on any atom is 0.182 e. The molecule has 0 spiro atoms. The molecule has 0 N–H and O–H groups in total. The van der Waals surface area contributed by atoms with E-state index in [9.17, 15) is 4.79 Å². The van der Waals surface area contributed by atoms with Crippen LogP contribution in [0.2, 0.25) is 0 Å².